The van der Waals surface area contributed by atoms with Gasteiger partial charge in [-0.05, 0) is 50.3 Å². The lowest BCUT2D eigenvalue weighted by atomic mass is 9.86. The number of pyridine rings is 1. The van der Waals surface area contributed by atoms with Crippen LogP contribution in [-0.2, 0) is 12.8 Å². The van der Waals surface area contributed by atoms with Gasteiger partial charge in [-0.15, -0.1) is 0 Å². The molecule has 0 amide bonds. The van der Waals surface area contributed by atoms with Gasteiger partial charge in [0.15, 0.2) is 0 Å². The van der Waals surface area contributed by atoms with Crippen LogP contribution in [0.4, 0.5) is 0 Å². The minimum Gasteiger partial charge on any atom is -0.198 e. The van der Waals surface area contributed by atoms with Crippen LogP contribution < -0.4 is 4.98 Å². The number of fused-ring (bicyclic) bond motifs is 1. The van der Waals surface area contributed by atoms with Crippen molar-refractivity contribution in [1.29, 1.82) is 5.26 Å². The molecule has 0 saturated heterocycles. The van der Waals surface area contributed by atoms with Gasteiger partial charge in [-0.3, -0.25) is 0 Å². The Balaban J connectivity index is 2.23. The summed E-state index contributed by atoms with van der Waals surface area (Å²) in [5, 5.41) is 10.6. The first-order chi connectivity index (χ1) is 10.7. The molecule has 1 aliphatic carbocycles. The topological polar surface area (TPSA) is 37.9 Å². The lowest BCUT2D eigenvalue weighted by molar-refractivity contribution is -0.415. The quantitative estimate of drug-likeness (QED) is 0.791. The fourth-order valence-electron chi connectivity index (χ4n) is 3.18. The van der Waals surface area contributed by atoms with Gasteiger partial charge in [0.1, 0.15) is 11.6 Å². The summed E-state index contributed by atoms with van der Waals surface area (Å²) in [6.07, 6.45) is 4.50. The molecule has 1 aliphatic rings. The number of nitrogens with one attached hydrogen (secondary N) is 1. The number of nitrogens with zero attached hydrogens (tertiary/aromatic N) is 1. The van der Waals surface area contributed by atoms with E-state index >= 15 is 0 Å². The lowest BCUT2D eigenvalue weighted by Crippen LogP contribution is -2.21. The Kier molecular flexibility index (Phi) is 4.49. The van der Waals surface area contributed by atoms with Crippen molar-refractivity contribution in [3.8, 4) is 17.3 Å². The SMILES string of the molecule is CCSc1[nH+]c(-c2ccc(C)cc2)c2c(c1C#N)CCCC2. The van der Waals surface area contributed by atoms with Crippen molar-refractivity contribution in [3.63, 3.8) is 0 Å². The summed E-state index contributed by atoms with van der Waals surface area (Å²) in [4.78, 5) is 3.57. The molecule has 112 valence electrons. The minimum atomic E-state index is 0.873. The number of hydrogen-bond acceptors (Lipinski definition) is 2. The van der Waals surface area contributed by atoms with Gasteiger partial charge in [0.05, 0.1) is 0 Å². The second kappa shape index (κ2) is 6.54. The third-order valence-electron chi connectivity index (χ3n) is 4.28. The predicted octanol–water partition coefficient (Wildman–Crippen LogP) is 4.34. The van der Waals surface area contributed by atoms with Crippen LogP contribution in [0, 0.1) is 18.3 Å². The number of aromatic nitrogens is 1. The summed E-state index contributed by atoms with van der Waals surface area (Å²) in [6.45, 7) is 4.24. The summed E-state index contributed by atoms with van der Waals surface area (Å²) in [6, 6.07) is 11.1. The number of nitriles is 1. The van der Waals surface area contributed by atoms with Crippen molar-refractivity contribution in [2.75, 3.05) is 5.75 Å². The van der Waals surface area contributed by atoms with E-state index in [2.05, 4.69) is 49.2 Å². The summed E-state index contributed by atoms with van der Waals surface area (Å²) < 4.78 is 0. The fraction of sp³-hybridized carbons (Fsp3) is 0.368. The molecule has 1 heterocycles. The Labute approximate surface area is 136 Å². The largest absolute Gasteiger partial charge is 0.257 e. The van der Waals surface area contributed by atoms with E-state index in [1.807, 2.05) is 0 Å². The van der Waals surface area contributed by atoms with Gasteiger partial charge in [-0.1, -0.05) is 36.4 Å². The van der Waals surface area contributed by atoms with Crippen molar-refractivity contribution in [1.82, 2.24) is 0 Å². The number of aryl methyl sites for hydroxylation is 1. The molecular formula is C19H21N2S+. The molecule has 0 fully saturated rings. The molecule has 0 radical (unpaired) electrons. The highest BCUT2D eigenvalue weighted by Crippen LogP contribution is 2.34. The minimum absolute atomic E-state index is 0.873. The molecule has 3 rings (SSSR count). The zero-order chi connectivity index (χ0) is 15.5. The molecule has 0 saturated carbocycles. The zero-order valence-electron chi connectivity index (χ0n) is 13.2. The van der Waals surface area contributed by atoms with Crippen LogP contribution in [0.2, 0.25) is 0 Å². The number of benzene rings is 1. The molecule has 0 atom stereocenters. The van der Waals surface area contributed by atoms with Crippen molar-refractivity contribution in [2.45, 2.75) is 44.6 Å². The molecule has 1 N–H and O–H groups in total. The second-order valence-corrected chi connectivity index (χ2v) is 7.05. The Bertz CT molecular complexity index is 727. The van der Waals surface area contributed by atoms with Gasteiger partial charge in [-0.25, -0.2) is 0 Å². The smallest absolute Gasteiger partial charge is 0.198 e. The van der Waals surface area contributed by atoms with Crippen LogP contribution in [0.5, 0.6) is 0 Å². The molecule has 0 spiro atoms. The van der Waals surface area contributed by atoms with Crippen molar-refractivity contribution < 1.29 is 4.98 Å². The molecule has 1 aromatic carbocycles. The molecule has 2 aromatic rings. The highest BCUT2D eigenvalue weighted by molar-refractivity contribution is 7.99. The average molecular weight is 309 g/mol. The van der Waals surface area contributed by atoms with Gasteiger partial charge < -0.3 is 0 Å². The van der Waals surface area contributed by atoms with Gasteiger partial charge in [0, 0.05) is 16.9 Å². The van der Waals surface area contributed by atoms with Gasteiger partial charge >= 0.3 is 0 Å². The molecular weight excluding hydrogens is 288 g/mol. The van der Waals surface area contributed by atoms with Crippen molar-refractivity contribution in [3.05, 3.63) is 46.5 Å². The first kappa shape index (κ1) is 15.1. The van der Waals surface area contributed by atoms with E-state index in [9.17, 15) is 5.26 Å². The monoisotopic (exact) mass is 309 g/mol. The first-order valence-corrected chi connectivity index (χ1v) is 8.94. The molecule has 0 aliphatic heterocycles. The second-order valence-electron chi connectivity index (χ2n) is 5.78. The maximum absolute atomic E-state index is 9.62. The Hall–Kier alpha value is -1.79. The number of aromatic amines is 1. The highest BCUT2D eigenvalue weighted by atomic mass is 32.2. The van der Waals surface area contributed by atoms with Crippen LogP contribution in [0.1, 0.15) is 42.0 Å². The molecule has 1 aromatic heterocycles. The van der Waals surface area contributed by atoms with E-state index in [4.69, 9.17) is 0 Å². The van der Waals surface area contributed by atoms with Crippen LogP contribution in [0.3, 0.4) is 0 Å². The number of hydrogen-bond donors (Lipinski definition) is 0. The highest BCUT2D eigenvalue weighted by Gasteiger charge is 2.27. The maximum atomic E-state index is 9.62. The van der Waals surface area contributed by atoms with Crippen molar-refractivity contribution in [2.24, 2.45) is 0 Å². The van der Waals surface area contributed by atoms with E-state index in [1.54, 1.807) is 11.8 Å². The van der Waals surface area contributed by atoms with Crippen LogP contribution >= 0.6 is 11.8 Å². The lowest BCUT2D eigenvalue weighted by Gasteiger charge is -2.18. The van der Waals surface area contributed by atoms with E-state index in [1.165, 1.54) is 40.8 Å². The Morgan fingerprint density at radius 3 is 2.45 bits per heavy atom. The average Bonchev–Trinajstić information content (AvgIpc) is 2.55. The first-order valence-electron chi connectivity index (χ1n) is 7.95. The number of H-pyrrole nitrogens is 1. The Morgan fingerprint density at radius 2 is 1.82 bits per heavy atom. The van der Waals surface area contributed by atoms with Gasteiger partial charge in [-0.2, -0.15) is 10.2 Å². The van der Waals surface area contributed by atoms with E-state index in [0.717, 1.165) is 29.2 Å². The molecule has 0 unspecified atom stereocenters. The van der Waals surface area contributed by atoms with Crippen molar-refractivity contribution >= 4 is 11.8 Å². The molecule has 3 heteroatoms. The molecule has 22 heavy (non-hydrogen) atoms. The summed E-state index contributed by atoms with van der Waals surface area (Å²) >= 11 is 1.73. The van der Waals surface area contributed by atoms with E-state index in [-0.39, 0.29) is 0 Å². The van der Waals surface area contributed by atoms with Gasteiger partial charge in [0.2, 0.25) is 5.69 Å². The van der Waals surface area contributed by atoms with E-state index < -0.39 is 0 Å². The van der Waals surface area contributed by atoms with Crippen LogP contribution in [0.25, 0.3) is 11.3 Å². The Morgan fingerprint density at radius 1 is 1.14 bits per heavy atom. The van der Waals surface area contributed by atoms with E-state index in [0.29, 0.717) is 0 Å². The molecule has 0 bridgehead atoms. The number of thioether (sulfide) groups is 1. The van der Waals surface area contributed by atoms with Crippen LogP contribution in [0.15, 0.2) is 29.3 Å². The molecule has 2 nitrogen and oxygen atoms in total. The fourth-order valence-corrected chi connectivity index (χ4v) is 3.96. The third-order valence-corrected chi connectivity index (χ3v) is 5.16. The normalized spacial score (nSPS) is 13.5. The third kappa shape index (κ3) is 2.76. The standard InChI is InChI=1S/C19H20N2S/c1-3-22-19-17(12-20)15-6-4-5-7-16(15)18(21-19)14-10-8-13(2)9-11-14/h8-11H,3-7H2,1-2H3/p+1. The van der Waals surface area contributed by atoms with Crippen LogP contribution in [-0.4, -0.2) is 5.75 Å². The maximum Gasteiger partial charge on any atom is 0.257 e. The number of rotatable bonds is 3. The summed E-state index contributed by atoms with van der Waals surface area (Å²) in [7, 11) is 0. The predicted molar refractivity (Wildman–Crippen MR) is 90.9 cm³/mol. The summed E-state index contributed by atoms with van der Waals surface area (Å²) in [5.41, 5.74) is 7.22. The summed E-state index contributed by atoms with van der Waals surface area (Å²) in [5.74, 6) is 0.970. The van der Waals surface area contributed by atoms with Gasteiger partial charge in [0.25, 0.3) is 5.03 Å². The zero-order valence-corrected chi connectivity index (χ0v) is 14.0.